The normalized spacial score (nSPS) is 25.3. The second-order valence-corrected chi connectivity index (χ2v) is 5.42. The van der Waals surface area contributed by atoms with Crippen molar-refractivity contribution < 1.29 is 5.11 Å². The van der Waals surface area contributed by atoms with Gasteiger partial charge in [-0.1, -0.05) is 54.6 Å². The van der Waals surface area contributed by atoms with Crippen LogP contribution in [0.3, 0.4) is 0 Å². The zero-order valence-electron chi connectivity index (χ0n) is 10.9. The Morgan fingerprint density at radius 2 is 1.74 bits per heavy atom. The fourth-order valence-electron chi connectivity index (χ4n) is 3.06. The first-order valence-corrected chi connectivity index (χ1v) is 6.80. The second-order valence-electron chi connectivity index (χ2n) is 5.42. The summed E-state index contributed by atoms with van der Waals surface area (Å²) < 4.78 is 0. The number of hydrogen-bond donors (Lipinski definition) is 2. The van der Waals surface area contributed by atoms with Crippen LogP contribution in [-0.2, 0) is 12.0 Å². The van der Waals surface area contributed by atoms with Crippen LogP contribution >= 0.6 is 0 Å². The van der Waals surface area contributed by atoms with E-state index in [-0.39, 0.29) is 6.04 Å². The van der Waals surface area contributed by atoms with Crippen molar-refractivity contribution in [3.05, 3.63) is 71.3 Å². The lowest BCUT2D eigenvalue weighted by Gasteiger charge is -2.24. The maximum atomic E-state index is 10.9. The molecule has 0 fully saturated rings. The monoisotopic (exact) mass is 253 g/mol. The molecule has 2 atom stereocenters. The zero-order chi connectivity index (χ0) is 13.3. The van der Waals surface area contributed by atoms with Gasteiger partial charge < -0.3 is 10.8 Å². The molecule has 1 aliphatic carbocycles. The number of aliphatic hydroxyl groups is 1. The highest BCUT2D eigenvalue weighted by molar-refractivity contribution is 5.40. The van der Waals surface area contributed by atoms with Gasteiger partial charge in [-0.25, -0.2) is 0 Å². The van der Waals surface area contributed by atoms with E-state index >= 15 is 0 Å². The maximum Gasteiger partial charge on any atom is 0.0921 e. The van der Waals surface area contributed by atoms with Crippen LogP contribution in [0.5, 0.6) is 0 Å². The lowest BCUT2D eigenvalue weighted by atomic mass is 9.89. The van der Waals surface area contributed by atoms with Crippen molar-refractivity contribution in [1.82, 2.24) is 0 Å². The van der Waals surface area contributed by atoms with E-state index in [1.165, 1.54) is 5.56 Å². The van der Waals surface area contributed by atoms with Gasteiger partial charge in [-0.05, 0) is 36.0 Å². The molecule has 2 nitrogen and oxygen atoms in total. The van der Waals surface area contributed by atoms with Gasteiger partial charge in [0.1, 0.15) is 0 Å². The Bertz CT molecular complexity index is 566. The van der Waals surface area contributed by atoms with Gasteiger partial charge in [0.2, 0.25) is 0 Å². The maximum absolute atomic E-state index is 10.9. The van der Waals surface area contributed by atoms with Crippen molar-refractivity contribution >= 4 is 0 Å². The van der Waals surface area contributed by atoms with Crippen LogP contribution in [0, 0.1) is 0 Å². The van der Waals surface area contributed by atoms with Crippen molar-refractivity contribution in [1.29, 1.82) is 0 Å². The van der Waals surface area contributed by atoms with Gasteiger partial charge in [-0.2, -0.15) is 0 Å². The Morgan fingerprint density at radius 1 is 1.05 bits per heavy atom. The fraction of sp³-hybridized carbons (Fsp3) is 0.294. The second kappa shape index (κ2) is 4.80. The lowest BCUT2D eigenvalue weighted by molar-refractivity contribution is 0.0251. The Kier molecular flexibility index (Phi) is 3.13. The van der Waals surface area contributed by atoms with Crippen LogP contribution < -0.4 is 5.73 Å². The van der Waals surface area contributed by atoms with Crippen LogP contribution in [0.2, 0.25) is 0 Å². The molecular weight excluding hydrogens is 234 g/mol. The number of fused-ring (bicyclic) bond motifs is 1. The molecule has 0 heterocycles. The minimum atomic E-state index is -0.772. The highest BCUT2D eigenvalue weighted by Gasteiger charge is 2.40. The molecule has 0 bridgehead atoms. The van der Waals surface area contributed by atoms with Crippen molar-refractivity contribution in [2.24, 2.45) is 5.73 Å². The summed E-state index contributed by atoms with van der Waals surface area (Å²) in [5.74, 6) is 0. The molecule has 0 saturated heterocycles. The number of nitrogens with two attached hydrogens (primary N) is 1. The number of rotatable bonds is 3. The average Bonchev–Trinajstić information content (AvgIpc) is 2.71. The fourth-order valence-corrected chi connectivity index (χ4v) is 3.06. The Balaban J connectivity index is 1.81. The standard InChI is InChI=1S/C17H19NO/c18-16-12-17(19,15-9-5-4-8-14(15)16)11-10-13-6-2-1-3-7-13/h1-9,16,19H,10-12,18H2. The van der Waals surface area contributed by atoms with Gasteiger partial charge in [-0.3, -0.25) is 0 Å². The summed E-state index contributed by atoms with van der Waals surface area (Å²) in [6.45, 7) is 0. The first-order chi connectivity index (χ1) is 9.19. The van der Waals surface area contributed by atoms with E-state index < -0.39 is 5.60 Å². The minimum absolute atomic E-state index is 0.0445. The Labute approximate surface area is 113 Å². The average molecular weight is 253 g/mol. The highest BCUT2D eigenvalue weighted by Crippen LogP contribution is 2.44. The first kappa shape index (κ1) is 12.4. The third kappa shape index (κ3) is 2.29. The lowest BCUT2D eigenvalue weighted by Crippen LogP contribution is -2.24. The summed E-state index contributed by atoms with van der Waals surface area (Å²) >= 11 is 0. The molecule has 2 aromatic carbocycles. The zero-order valence-corrected chi connectivity index (χ0v) is 10.9. The molecule has 0 aromatic heterocycles. The molecule has 3 rings (SSSR count). The van der Waals surface area contributed by atoms with Crippen LogP contribution in [0.1, 0.15) is 35.6 Å². The molecule has 0 saturated carbocycles. The van der Waals surface area contributed by atoms with Crippen LogP contribution in [0.15, 0.2) is 54.6 Å². The van der Waals surface area contributed by atoms with E-state index in [1.807, 2.05) is 42.5 Å². The van der Waals surface area contributed by atoms with Crippen LogP contribution in [0.25, 0.3) is 0 Å². The highest BCUT2D eigenvalue weighted by atomic mass is 16.3. The minimum Gasteiger partial charge on any atom is -0.385 e. The predicted octanol–water partition coefficient (Wildman–Crippen LogP) is 2.91. The SMILES string of the molecule is NC1CC(O)(CCc2ccccc2)c2ccccc21. The molecule has 2 aromatic rings. The van der Waals surface area contributed by atoms with E-state index in [1.54, 1.807) is 0 Å². The molecule has 98 valence electrons. The summed E-state index contributed by atoms with van der Waals surface area (Å²) in [5, 5.41) is 10.9. The smallest absolute Gasteiger partial charge is 0.0921 e. The molecule has 2 heteroatoms. The molecule has 3 N–H and O–H groups in total. The molecule has 0 radical (unpaired) electrons. The largest absolute Gasteiger partial charge is 0.385 e. The van der Waals surface area contributed by atoms with Crippen molar-refractivity contribution in [3.8, 4) is 0 Å². The van der Waals surface area contributed by atoms with Gasteiger partial charge in [0.15, 0.2) is 0 Å². The molecule has 2 unspecified atom stereocenters. The van der Waals surface area contributed by atoms with Gasteiger partial charge in [0, 0.05) is 6.04 Å². The third-order valence-corrected chi connectivity index (χ3v) is 4.09. The molecular formula is C17H19NO. The molecule has 1 aliphatic rings. The number of aryl methyl sites for hydroxylation is 1. The molecule has 0 aliphatic heterocycles. The van der Waals surface area contributed by atoms with Crippen LogP contribution in [0.4, 0.5) is 0 Å². The van der Waals surface area contributed by atoms with Crippen LogP contribution in [-0.4, -0.2) is 5.11 Å². The number of hydrogen-bond acceptors (Lipinski definition) is 2. The summed E-state index contributed by atoms with van der Waals surface area (Å²) in [5.41, 5.74) is 8.73. The van der Waals surface area contributed by atoms with Gasteiger partial charge >= 0.3 is 0 Å². The van der Waals surface area contributed by atoms with Gasteiger partial charge in [0.05, 0.1) is 5.60 Å². The molecule has 19 heavy (non-hydrogen) atoms. The first-order valence-electron chi connectivity index (χ1n) is 6.80. The Morgan fingerprint density at radius 3 is 2.53 bits per heavy atom. The molecule has 0 amide bonds. The molecule has 0 spiro atoms. The summed E-state index contributed by atoms with van der Waals surface area (Å²) in [7, 11) is 0. The summed E-state index contributed by atoms with van der Waals surface area (Å²) in [6, 6.07) is 18.2. The van der Waals surface area contributed by atoms with Crippen molar-refractivity contribution in [2.45, 2.75) is 30.9 Å². The van der Waals surface area contributed by atoms with Gasteiger partial charge in [0.25, 0.3) is 0 Å². The topological polar surface area (TPSA) is 46.2 Å². The van der Waals surface area contributed by atoms with E-state index in [0.717, 1.165) is 24.0 Å². The number of benzene rings is 2. The predicted molar refractivity (Wildman–Crippen MR) is 76.6 cm³/mol. The third-order valence-electron chi connectivity index (χ3n) is 4.09. The Hall–Kier alpha value is -1.64. The van der Waals surface area contributed by atoms with Crippen molar-refractivity contribution in [3.63, 3.8) is 0 Å². The van der Waals surface area contributed by atoms with E-state index in [0.29, 0.717) is 6.42 Å². The quantitative estimate of drug-likeness (QED) is 0.883. The van der Waals surface area contributed by atoms with E-state index in [2.05, 4.69) is 12.1 Å². The van der Waals surface area contributed by atoms with E-state index in [9.17, 15) is 5.11 Å². The van der Waals surface area contributed by atoms with Crippen molar-refractivity contribution in [2.75, 3.05) is 0 Å². The van der Waals surface area contributed by atoms with E-state index in [4.69, 9.17) is 5.73 Å². The van der Waals surface area contributed by atoms with Gasteiger partial charge in [-0.15, -0.1) is 0 Å². The summed E-state index contributed by atoms with van der Waals surface area (Å²) in [4.78, 5) is 0. The summed E-state index contributed by atoms with van der Waals surface area (Å²) in [6.07, 6.45) is 2.22.